The molecule has 0 bridgehead atoms. The molecule has 2 heterocycles. The minimum atomic E-state index is -0.357. The van der Waals surface area contributed by atoms with Crippen LogP contribution in [0, 0.1) is 0 Å². The maximum absolute atomic E-state index is 12.3. The molecular weight excluding hydrogens is 374 g/mol. The van der Waals surface area contributed by atoms with Gasteiger partial charge in [-0.3, -0.25) is 4.99 Å². The van der Waals surface area contributed by atoms with Crippen LogP contribution in [-0.4, -0.2) is 6.21 Å². The average molecular weight is 384 g/mol. The molecule has 1 aromatic heterocycles. The first kappa shape index (κ1) is 14.5. The van der Waals surface area contributed by atoms with Gasteiger partial charge in [0.05, 0.1) is 11.3 Å². The zero-order chi connectivity index (χ0) is 15.8. The van der Waals surface area contributed by atoms with E-state index in [-0.39, 0.29) is 5.63 Å². The standard InChI is InChI=1S/C18H10BrNO2S/c19-13-5-6-16-11(7-13)8-14(18(21)22-16)12-9-20-15-3-1-2-4-17(15)23-10-12/h1-10H. The first-order valence-corrected chi connectivity index (χ1v) is 8.62. The van der Waals surface area contributed by atoms with Crippen molar-refractivity contribution in [3.63, 3.8) is 0 Å². The molecule has 3 aromatic rings. The lowest BCUT2D eigenvalue weighted by Crippen LogP contribution is -2.06. The van der Waals surface area contributed by atoms with Gasteiger partial charge in [-0.05, 0) is 41.8 Å². The number of para-hydroxylation sites is 1. The molecule has 0 aliphatic carbocycles. The summed E-state index contributed by atoms with van der Waals surface area (Å²) in [5.41, 5.74) is 2.38. The van der Waals surface area contributed by atoms with Gasteiger partial charge >= 0.3 is 5.63 Å². The SMILES string of the molecule is O=c1oc2ccc(Br)cc2cc1C1=CSc2ccccc2N=C1. The van der Waals surface area contributed by atoms with Crippen molar-refractivity contribution in [2.75, 3.05) is 0 Å². The van der Waals surface area contributed by atoms with Crippen LogP contribution in [0.3, 0.4) is 0 Å². The van der Waals surface area contributed by atoms with E-state index in [4.69, 9.17) is 4.42 Å². The van der Waals surface area contributed by atoms with Gasteiger partial charge < -0.3 is 4.42 Å². The summed E-state index contributed by atoms with van der Waals surface area (Å²) in [6.07, 6.45) is 1.72. The summed E-state index contributed by atoms with van der Waals surface area (Å²) in [6, 6.07) is 15.3. The summed E-state index contributed by atoms with van der Waals surface area (Å²) < 4.78 is 6.37. The van der Waals surface area contributed by atoms with Crippen molar-refractivity contribution in [2.45, 2.75) is 4.90 Å². The van der Waals surface area contributed by atoms with Crippen molar-refractivity contribution in [1.29, 1.82) is 0 Å². The van der Waals surface area contributed by atoms with Crippen molar-refractivity contribution in [3.8, 4) is 0 Å². The number of hydrogen-bond donors (Lipinski definition) is 0. The zero-order valence-electron chi connectivity index (χ0n) is 11.8. The molecule has 0 N–H and O–H groups in total. The van der Waals surface area contributed by atoms with E-state index in [0.717, 1.165) is 26.0 Å². The van der Waals surface area contributed by atoms with Gasteiger partial charge in [-0.15, -0.1) is 0 Å². The van der Waals surface area contributed by atoms with Crippen LogP contribution in [-0.2, 0) is 0 Å². The number of halogens is 1. The Morgan fingerprint density at radius 1 is 1.09 bits per heavy atom. The van der Waals surface area contributed by atoms with Crippen LogP contribution in [0.15, 0.2) is 77.5 Å². The first-order valence-electron chi connectivity index (χ1n) is 6.94. The van der Waals surface area contributed by atoms with Crippen molar-refractivity contribution in [3.05, 3.63) is 74.4 Å². The number of benzene rings is 2. The van der Waals surface area contributed by atoms with Crippen LogP contribution in [0.4, 0.5) is 5.69 Å². The van der Waals surface area contributed by atoms with Crippen LogP contribution < -0.4 is 5.63 Å². The zero-order valence-corrected chi connectivity index (χ0v) is 14.2. The Bertz CT molecular complexity index is 1040. The lowest BCUT2D eigenvalue weighted by molar-refractivity contribution is 0.559. The maximum atomic E-state index is 12.3. The molecule has 0 amide bonds. The quantitative estimate of drug-likeness (QED) is 0.528. The van der Waals surface area contributed by atoms with E-state index >= 15 is 0 Å². The summed E-state index contributed by atoms with van der Waals surface area (Å²) >= 11 is 4.99. The third-order valence-corrected chi connectivity index (χ3v) is 4.99. The Hall–Kier alpha value is -2.11. The summed E-state index contributed by atoms with van der Waals surface area (Å²) in [4.78, 5) is 17.9. The molecule has 5 heteroatoms. The number of allylic oxidation sites excluding steroid dienone is 1. The number of nitrogens with zero attached hydrogens (tertiary/aromatic N) is 1. The van der Waals surface area contributed by atoms with Crippen molar-refractivity contribution < 1.29 is 4.42 Å². The highest BCUT2D eigenvalue weighted by Crippen LogP contribution is 2.34. The molecule has 23 heavy (non-hydrogen) atoms. The number of fused-ring (bicyclic) bond motifs is 2. The van der Waals surface area contributed by atoms with E-state index in [1.54, 1.807) is 24.0 Å². The smallest absolute Gasteiger partial charge is 0.344 e. The van der Waals surface area contributed by atoms with Gasteiger partial charge in [-0.1, -0.05) is 39.8 Å². The van der Waals surface area contributed by atoms with E-state index in [0.29, 0.717) is 11.1 Å². The molecule has 0 atom stereocenters. The molecule has 112 valence electrons. The van der Waals surface area contributed by atoms with Gasteiger partial charge in [-0.2, -0.15) is 0 Å². The summed E-state index contributed by atoms with van der Waals surface area (Å²) in [7, 11) is 0. The largest absolute Gasteiger partial charge is 0.422 e. The second-order valence-corrected chi connectivity index (χ2v) is 6.87. The molecule has 0 fully saturated rings. The summed E-state index contributed by atoms with van der Waals surface area (Å²) in [5, 5.41) is 2.81. The molecule has 0 spiro atoms. The van der Waals surface area contributed by atoms with Gasteiger partial charge in [0, 0.05) is 26.5 Å². The number of aliphatic imine (C=N–C) groups is 1. The Morgan fingerprint density at radius 3 is 2.87 bits per heavy atom. The van der Waals surface area contributed by atoms with Crippen molar-refractivity contribution in [1.82, 2.24) is 0 Å². The Morgan fingerprint density at radius 2 is 1.96 bits per heavy atom. The van der Waals surface area contributed by atoms with Gasteiger partial charge in [-0.25, -0.2) is 4.79 Å². The predicted molar refractivity (Wildman–Crippen MR) is 98.6 cm³/mol. The Balaban J connectivity index is 1.85. The van der Waals surface area contributed by atoms with Crippen LogP contribution in [0.1, 0.15) is 5.56 Å². The average Bonchev–Trinajstić information content (AvgIpc) is 2.77. The molecule has 1 aliphatic rings. The number of thioether (sulfide) groups is 1. The Kier molecular flexibility index (Phi) is 3.67. The first-order chi connectivity index (χ1) is 11.2. The molecule has 3 nitrogen and oxygen atoms in total. The summed E-state index contributed by atoms with van der Waals surface area (Å²) in [5.74, 6) is 0. The molecule has 4 rings (SSSR count). The van der Waals surface area contributed by atoms with Crippen LogP contribution >= 0.6 is 27.7 Å². The lowest BCUT2D eigenvalue weighted by atomic mass is 10.1. The van der Waals surface area contributed by atoms with Crippen LogP contribution in [0.5, 0.6) is 0 Å². The molecule has 2 aromatic carbocycles. The summed E-state index contributed by atoms with van der Waals surface area (Å²) in [6.45, 7) is 0. The van der Waals surface area contributed by atoms with Gasteiger partial charge in [0.1, 0.15) is 5.58 Å². The molecular formula is C18H10BrNO2S. The molecule has 0 radical (unpaired) electrons. The fourth-order valence-corrected chi connectivity index (χ4v) is 3.61. The minimum Gasteiger partial charge on any atom is -0.422 e. The molecule has 0 unspecified atom stereocenters. The van der Waals surface area contributed by atoms with E-state index in [1.165, 1.54) is 0 Å². The van der Waals surface area contributed by atoms with E-state index in [2.05, 4.69) is 20.9 Å². The monoisotopic (exact) mass is 383 g/mol. The van der Waals surface area contributed by atoms with Gasteiger partial charge in [0.25, 0.3) is 0 Å². The fraction of sp³-hybridized carbons (Fsp3) is 0. The Labute approximate surface area is 144 Å². The van der Waals surface area contributed by atoms with Crippen LogP contribution in [0.25, 0.3) is 16.5 Å². The maximum Gasteiger partial charge on any atom is 0.344 e. The highest BCUT2D eigenvalue weighted by atomic mass is 79.9. The second kappa shape index (κ2) is 5.83. The van der Waals surface area contributed by atoms with Gasteiger partial charge in [0.2, 0.25) is 0 Å². The van der Waals surface area contributed by atoms with E-state index in [1.807, 2.05) is 47.9 Å². The molecule has 1 aliphatic heterocycles. The normalized spacial score (nSPS) is 13.5. The third-order valence-electron chi connectivity index (χ3n) is 3.53. The molecule has 0 saturated heterocycles. The third kappa shape index (κ3) is 2.78. The fourth-order valence-electron chi connectivity index (χ4n) is 2.39. The predicted octanol–water partition coefficient (Wildman–Crippen LogP) is 5.40. The number of hydrogen-bond acceptors (Lipinski definition) is 4. The second-order valence-electron chi connectivity index (χ2n) is 5.05. The van der Waals surface area contributed by atoms with Gasteiger partial charge in [0.15, 0.2) is 0 Å². The van der Waals surface area contributed by atoms with E-state index in [9.17, 15) is 4.79 Å². The molecule has 0 saturated carbocycles. The minimum absolute atomic E-state index is 0.357. The van der Waals surface area contributed by atoms with Crippen LogP contribution in [0.2, 0.25) is 0 Å². The number of rotatable bonds is 1. The van der Waals surface area contributed by atoms with Crippen molar-refractivity contribution >= 4 is 56.1 Å². The topological polar surface area (TPSA) is 42.6 Å². The highest BCUT2D eigenvalue weighted by Gasteiger charge is 2.12. The van der Waals surface area contributed by atoms with E-state index < -0.39 is 0 Å². The lowest BCUT2D eigenvalue weighted by Gasteiger charge is -2.02. The van der Waals surface area contributed by atoms with Crippen molar-refractivity contribution in [2.24, 2.45) is 4.99 Å². The highest BCUT2D eigenvalue weighted by molar-refractivity contribution is 9.10.